The molecule has 0 saturated carbocycles. The maximum atomic E-state index is 13.0. The zero-order valence-corrected chi connectivity index (χ0v) is 17.0. The lowest BCUT2D eigenvalue weighted by Crippen LogP contribution is -2.31. The number of pyridine rings is 1. The summed E-state index contributed by atoms with van der Waals surface area (Å²) in [5.41, 5.74) is 0.949. The lowest BCUT2D eigenvalue weighted by molar-refractivity contribution is -0.140. The van der Waals surface area contributed by atoms with Crippen LogP contribution >= 0.6 is 0 Å². The number of amides is 1. The fourth-order valence-corrected chi connectivity index (χ4v) is 3.72. The van der Waals surface area contributed by atoms with Crippen molar-refractivity contribution < 1.29 is 19.4 Å². The summed E-state index contributed by atoms with van der Waals surface area (Å²) in [5, 5.41) is 11.0. The molecule has 31 heavy (non-hydrogen) atoms. The summed E-state index contributed by atoms with van der Waals surface area (Å²) in [5.74, 6) is -1.08. The van der Waals surface area contributed by atoms with Crippen molar-refractivity contribution in [3.8, 4) is 5.75 Å². The summed E-state index contributed by atoms with van der Waals surface area (Å²) >= 11 is 0. The molecule has 1 amide bonds. The molecule has 1 atom stereocenters. The van der Waals surface area contributed by atoms with E-state index >= 15 is 0 Å². The molecular weight excluding hydrogens is 396 g/mol. The first-order valence-electron chi connectivity index (χ1n) is 9.89. The number of carbonyl (C=O) groups is 2. The molecule has 0 aliphatic carbocycles. The maximum absolute atomic E-state index is 13.0. The lowest BCUT2D eigenvalue weighted by atomic mass is 9.98. The second kappa shape index (κ2) is 8.83. The van der Waals surface area contributed by atoms with Gasteiger partial charge >= 0.3 is 0 Å². The zero-order chi connectivity index (χ0) is 21.8. The lowest BCUT2D eigenvalue weighted by Gasteiger charge is -2.24. The summed E-state index contributed by atoms with van der Waals surface area (Å²) in [4.78, 5) is 35.7. The molecule has 3 heterocycles. The van der Waals surface area contributed by atoms with Crippen LogP contribution in [-0.4, -0.2) is 49.9 Å². The van der Waals surface area contributed by atoms with E-state index in [2.05, 4.69) is 9.97 Å². The number of rotatable bonds is 7. The average Bonchev–Trinajstić information content (AvgIpc) is 3.41. The van der Waals surface area contributed by atoms with Gasteiger partial charge in [0.25, 0.3) is 11.7 Å². The van der Waals surface area contributed by atoms with Gasteiger partial charge in [-0.1, -0.05) is 18.2 Å². The molecule has 1 N–H and O–H groups in total. The van der Waals surface area contributed by atoms with Crippen LogP contribution in [0.25, 0.3) is 5.76 Å². The summed E-state index contributed by atoms with van der Waals surface area (Å²) in [6.45, 7) is 0.979. The van der Waals surface area contributed by atoms with Crippen LogP contribution in [0.3, 0.4) is 0 Å². The molecule has 0 unspecified atom stereocenters. The summed E-state index contributed by atoms with van der Waals surface area (Å²) in [6.07, 6.45) is 7.45. The Morgan fingerprint density at radius 2 is 2.00 bits per heavy atom. The van der Waals surface area contributed by atoms with Crippen molar-refractivity contribution in [1.82, 2.24) is 19.4 Å². The number of aryl methyl sites for hydroxylation is 1. The van der Waals surface area contributed by atoms with Crippen LogP contribution in [0, 0.1) is 0 Å². The second-order valence-corrected chi connectivity index (χ2v) is 7.13. The van der Waals surface area contributed by atoms with Crippen LogP contribution in [0.4, 0.5) is 0 Å². The van der Waals surface area contributed by atoms with Crippen LogP contribution in [-0.2, 0) is 16.1 Å². The van der Waals surface area contributed by atoms with Gasteiger partial charge in [-0.3, -0.25) is 14.6 Å². The summed E-state index contributed by atoms with van der Waals surface area (Å²) in [6, 6.07) is 11.3. The molecule has 158 valence electrons. The van der Waals surface area contributed by atoms with Gasteiger partial charge in [0.15, 0.2) is 0 Å². The smallest absolute Gasteiger partial charge is 0.295 e. The van der Waals surface area contributed by atoms with Gasteiger partial charge in [-0.15, -0.1) is 0 Å². The number of hydrogen-bond donors (Lipinski definition) is 1. The molecular formula is C23H22N4O4. The highest BCUT2D eigenvalue weighted by molar-refractivity contribution is 6.46. The normalized spacial score (nSPS) is 17.8. The SMILES string of the molecule is COc1cccc(/C(O)=C2\C(=O)C(=O)N(CCCn3ccnc3)[C@@H]2c2ccccn2)c1. The van der Waals surface area contributed by atoms with E-state index in [-0.39, 0.29) is 11.3 Å². The quantitative estimate of drug-likeness (QED) is 0.360. The van der Waals surface area contributed by atoms with Crippen molar-refractivity contribution in [2.45, 2.75) is 19.0 Å². The largest absolute Gasteiger partial charge is 0.507 e. The Hall–Kier alpha value is -3.94. The Labute approximate surface area is 179 Å². The molecule has 1 saturated heterocycles. The van der Waals surface area contributed by atoms with E-state index in [0.29, 0.717) is 36.5 Å². The third-order valence-electron chi connectivity index (χ3n) is 5.23. The number of nitrogens with zero attached hydrogens (tertiary/aromatic N) is 4. The molecule has 1 aliphatic rings. The fraction of sp³-hybridized carbons (Fsp3) is 0.217. The maximum Gasteiger partial charge on any atom is 0.295 e. The predicted molar refractivity (Wildman–Crippen MR) is 113 cm³/mol. The number of aromatic nitrogens is 3. The molecule has 0 radical (unpaired) electrons. The average molecular weight is 418 g/mol. The van der Waals surface area contributed by atoms with Gasteiger partial charge in [0.1, 0.15) is 17.6 Å². The monoisotopic (exact) mass is 418 g/mol. The highest BCUT2D eigenvalue weighted by atomic mass is 16.5. The van der Waals surface area contributed by atoms with Gasteiger partial charge in [-0.05, 0) is 30.7 Å². The zero-order valence-electron chi connectivity index (χ0n) is 17.0. The van der Waals surface area contributed by atoms with Crippen LogP contribution in [0.1, 0.15) is 23.7 Å². The van der Waals surface area contributed by atoms with E-state index in [1.807, 2.05) is 10.8 Å². The number of aliphatic hydroxyl groups excluding tert-OH is 1. The topological polar surface area (TPSA) is 97.6 Å². The fourth-order valence-electron chi connectivity index (χ4n) is 3.72. The number of Topliss-reactive ketones (excluding diaryl/α,β-unsaturated/α-hetero) is 1. The van der Waals surface area contributed by atoms with Crippen molar-refractivity contribution in [2.24, 2.45) is 0 Å². The molecule has 1 aromatic carbocycles. The summed E-state index contributed by atoms with van der Waals surface area (Å²) < 4.78 is 7.13. The Bertz CT molecular complexity index is 1110. The number of ether oxygens (including phenoxy) is 1. The van der Waals surface area contributed by atoms with Crippen molar-refractivity contribution >= 4 is 17.4 Å². The van der Waals surface area contributed by atoms with E-state index in [4.69, 9.17) is 4.74 Å². The number of aliphatic hydroxyl groups is 1. The molecule has 2 aromatic heterocycles. The highest BCUT2D eigenvalue weighted by Crippen LogP contribution is 2.39. The Morgan fingerprint density at radius 3 is 2.71 bits per heavy atom. The minimum Gasteiger partial charge on any atom is -0.507 e. The van der Waals surface area contributed by atoms with E-state index in [1.165, 1.54) is 12.0 Å². The minimum absolute atomic E-state index is 0.0274. The molecule has 3 aromatic rings. The first-order valence-corrected chi connectivity index (χ1v) is 9.89. The minimum atomic E-state index is -0.768. The second-order valence-electron chi connectivity index (χ2n) is 7.13. The Balaban J connectivity index is 1.72. The van der Waals surface area contributed by atoms with E-state index in [1.54, 1.807) is 61.2 Å². The van der Waals surface area contributed by atoms with Crippen LogP contribution in [0.2, 0.25) is 0 Å². The van der Waals surface area contributed by atoms with Crippen LogP contribution in [0.15, 0.2) is 73.0 Å². The molecule has 1 fully saturated rings. The third-order valence-corrected chi connectivity index (χ3v) is 5.23. The first kappa shape index (κ1) is 20.3. The van der Waals surface area contributed by atoms with E-state index < -0.39 is 17.7 Å². The van der Waals surface area contributed by atoms with Gasteiger partial charge in [0.05, 0.1) is 24.7 Å². The van der Waals surface area contributed by atoms with E-state index in [9.17, 15) is 14.7 Å². The third kappa shape index (κ3) is 4.05. The molecule has 1 aliphatic heterocycles. The van der Waals surface area contributed by atoms with E-state index in [0.717, 1.165) is 0 Å². The molecule has 0 bridgehead atoms. The summed E-state index contributed by atoms with van der Waals surface area (Å²) in [7, 11) is 1.52. The van der Waals surface area contributed by atoms with Gasteiger partial charge < -0.3 is 19.3 Å². The number of benzene rings is 1. The van der Waals surface area contributed by atoms with Crippen LogP contribution in [0.5, 0.6) is 5.75 Å². The molecule has 8 heteroatoms. The number of likely N-dealkylation sites (tertiary alicyclic amines) is 1. The Kier molecular flexibility index (Phi) is 5.79. The highest BCUT2D eigenvalue weighted by Gasteiger charge is 2.46. The number of carbonyl (C=O) groups excluding carboxylic acids is 2. The van der Waals surface area contributed by atoms with Crippen molar-refractivity contribution in [3.63, 3.8) is 0 Å². The standard InChI is InChI=1S/C23H22N4O4/c1-31-17-7-4-6-16(14-17)21(28)19-20(18-8-2-3-9-25-18)27(23(30)22(19)29)12-5-11-26-13-10-24-15-26/h2-4,6-10,13-15,20,28H,5,11-12H2,1H3/b21-19+/t20-/m1/s1. The van der Waals surface area contributed by atoms with Gasteiger partial charge in [0.2, 0.25) is 0 Å². The van der Waals surface area contributed by atoms with Gasteiger partial charge in [0, 0.05) is 37.2 Å². The van der Waals surface area contributed by atoms with Crippen molar-refractivity contribution in [1.29, 1.82) is 0 Å². The van der Waals surface area contributed by atoms with Gasteiger partial charge in [-0.2, -0.15) is 0 Å². The molecule has 4 rings (SSSR count). The number of ketones is 1. The number of hydrogen-bond acceptors (Lipinski definition) is 6. The predicted octanol–water partition coefficient (Wildman–Crippen LogP) is 2.80. The number of imidazole rings is 1. The van der Waals surface area contributed by atoms with Gasteiger partial charge in [-0.25, -0.2) is 4.98 Å². The van der Waals surface area contributed by atoms with Crippen molar-refractivity contribution in [2.75, 3.05) is 13.7 Å². The molecule has 8 nitrogen and oxygen atoms in total. The van der Waals surface area contributed by atoms with Crippen molar-refractivity contribution in [3.05, 3.63) is 84.2 Å². The molecule has 0 spiro atoms. The number of methoxy groups -OCH3 is 1. The first-order chi connectivity index (χ1) is 15.1. The Morgan fingerprint density at radius 1 is 1.13 bits per heavy atom. The van der Waals surface area contributed by atoms with Crippen LogP contribution < -0.4 is 4.74 Å².